The van der Waals surface area contributed by atoms with Gasteiger partial charge in [-0.2, -0.15) is 5.10 Å². The van der Waals surface area contributed by atoms with Crippen LogP contribution in [0.1, 0.15) is 60.7 Å². The van der Waals surface area contributed by atoms with Gasteiger partial charge in [0.05, 0.1) is 26.5 Å². The molecular formula is C19H22N4OS. The maximum absolute atomic E-state index is 12.9. The van der Waals surface area contributed by atoms with Gasteiger partial charge in [0.15, 0.2) is 0 Å². The highest BCUT2D eigenvalue weighted by atomic mass is 32.1. The van der Waals surface area contributed by atoms with Gasteiger partial charge in [-0.05, 0) is 64.8 Å². The Morgan fingerprint density at radius 1 is 1.28 bits per heavy atom. The minimum absolute atomic E-state index is 0.116. The van der Waals surface area contributed by atoms with Crippen LogP contribution in [0.2, 0.25) is 0 Å². The molecule has 1 amide bonds. The number of aromatic nitrogens is 3. The van der Waals surface area contributed by atoms with Crippen LogP contribution in [-0.2, 0) is 5.54 Å². The Bertz CT molecular complexity index is 960. The van der Waals surface area contributed by atoms with Crippen LogP contribution in [0, 0.1) is 6.92 Å². The number of hydrogen-bond acceptors (Lipinski definition) is 4. The van der Waals surface area contributed by atoms with Crippen molar-refractivity contribution in [3.05, 3.63) is 40.7 Å². The quantitative estimate of drug-likeness (QED) is 0.742. The first kappa shape index (κ1) is 16.3. The molecule has 1 aliphatic carbocycles. The fraction of sp³-hybridized carbons (Fsp3) is 0.421. The standard InChI is InChI=1S/C19H22N4OS/c1-11-20-14-8-7-13(9-17(14)25-11)21-18(24)16-10-15(12-5-6-12)22-23(16)19(2,3)4/h7-10,12H,5-6H2,1-4H3,(H,21,24). The fourth-order valence-electron chi connectivity index (χ4n) is 2.96. The van der Waals surface area contributed by atoms with E-state index in [1.807, 2.05) is 35.9 Å². The lowest BCUT2D eigenvalue weighted by Gasteiger charge is -2.22. The number of aryl methyl sites for hydroxylation is 1. The highest BCUT2D eigenvalue weighted by molar-refractivity contribution is 7.18. The predicted molar refractivity (Wildman–Crippen MR) is 102 cm³/mol. The number of anilines is 1. The SMILES string of the molecule is Cc1nc2ccc(NC(=O)c3cc(C4CC4)nn3C(C)(C)C)cc2s1. The van der Waals surface area contributed by atoms with Gasteiger partial charge in [0, 0.05) is 11.6 Å². The lowest BCUT2D eigenvalue weighted by molar-refractivity contribution is 0.100. The largest absolute Gasteiger partial charge is 0.321 e. The Hall–Kier alpha value is -2.21. The van der Waals surface area contributed by atoms with E-state index in [9.17, 15) is 4.79 Å². The third-order valence-electron chi connectivity index (χ3n) is 4.35. The third-order valence-corrected chi connectivity index (χ3v) is 5.28. The summed E-state index contributed by atoms with van der Waals surface area (Å²) in [4.78, 5) is 17.4. The van der Waals surface area contributed by atoms with Gasteiger partial charge >= 0.3 is 0 Å². The number of benzene rings is 1. The zero-order valence-corrected chi connectivity index (χ0v) is 15.8. The monoisotopic (exact) mass is 354 g/mol. The number of thiazole rings is 1. The summed E-state index contributed by atoms with van der Waals surface area (Å²) in [6, 6.07) is 7.79. The first-order valence-corrected chi connectivity index (χ1v) is 9.42. The van der Waals surface area contributed by atoms with Crippen LogP contribution < -0.4 is 5.32 Å². The first-order chi connectivity index (χ1) is 11.8. The summed E-state index contributed by atoms with van der Waals surface area (Å²) in [7, 11) is 0. The lowest BCUT2D eigenvalue weighted by atomic mass is 10.1. The number of amides is 1. The van der Waals surface area contributed by atoms with E-state index in [1.54, 1.807) is 11.3 Å². The molecule has 25 heavy (non-hydrogen) atoms. The molecule has 0 aliphatic heterocycles. The smallest absolute Gasteiger partial charge is 0.273 e. The maximum atomic E-state index is 12.9. The van der Waals surface area contributed by atoms with Crippen LogP contribution in [0.15, 0.2) is 24.3 Å². The van der Waals surface area contributed by atoms with Crippen molar-refractivity contribution in [2.45, 2.75) is 52.0 Å². The van der Waals surface area contributed by atoms with Crippen molar-refractivity contribution in [1.82, 2.24) is 14.8 Å². The Morgan fingerprint density at radius 2 is 2.04 bits per heavy atom. The molecule has 2 heterocycles. The van der Waals surface area contributed by atoms with Crippen molar-refractivity contribution >= 4 is 33.1 Å². The molecule has 4 rings (SSSR count). The van der Waals surface area contributed by atoms with Crippen LogP contribution in [0.5, 0.6) is 0 Å². The summed E-state index contributed by atoms with van der Waals surface area (Å²) in [5.41, 5.74) is 3.18. The summed E-state index contributed by atoms with van der Waals surface area (Å²) >= 11 is 1.63. The lowest BCUT2D eigenvalue weighted by Crippen LogP contribution is -2.29. The van der Waals surface area contributed by atoms with Crippen LogP contribution in [0.3, 0.4) is 0 Å². The Balaban J connectivity index is 1.65. The van der Waals surface area contributed by atoms with E-state index >= 15 is 0 Å². The van der Waals surface area contributed by atoms with Gasteiger partial charge in [0.25, 0.3) is 5.91 Å². The molecule has 0 radical (unpaired) electrons. The highest BCUT2D eigenvalue weighted by Gasteiger charge is 2.31. The van der Waals surface area contributed by atoms with E-state index in [0.717, 1.165) is 26.6 Å². The summed E-state index contributed by atoms with van der Waals surface area (Å²) < 4.78 is 2.93. The second kappa shape index (κ2) is 5.66. The molecule has 1 saturated carbocycles. The van der Waals surface area contributed by atoms with Gasteiger partial charge in [-0.1, -0.05) is 0 Å². The third kappa shape index (κ3) is 3.18. The Kier molecular flexibility index (Phi) is 3.68. The van der Waals surface area contributed by atoms with Gasteiger partial charge in [-0.25, -0.2) is 4.98 Å². The molecule has 5 nitrogen and oxygen atoms in total. The van der Waals surface area contributed by atoms with Gasteiger partial charge < -0.3 is 5.32 Å². The minimum Gasteiger partial charge on any atom is -0.321 e. The van der Waals surface area contributed by atoms with E-state index in [2.05, 4.69) is 31.1 Å². The molecule has 0 spiro atoms. The molecule has 1 aliphatic rings. The number of carbonyl (C=O) groups excluding carboxylic acids is 1. The molecule has 6 heteroatoms. The van der Waals surface area contributed by atoms with Crippen molar-refractivity contribution < 1.29 is 4.79 Å². The number of hydrogen-bond donors (Lipinski definition) is 1. The summed E-state index contributed by atoms with van der Waals surface area (Å²) in [5, 5.41) is 8.76. The highest BCUT2D eigenvalue weighted by Crippen LogP contribution is 2.40. The Labute approximate surface area is 151 Å². The summed E-state index contributed by atoms with van der Waals surface area (Å²) in [6.07, 6.45) is 2.34. The molecule has 0 bridgehead atoms. The number of carbonyl (C=O) groups is 1. The normalized spacial score (nSPS) is 14.9. The van der Waals surface area contributed by atoms with Crippen LogP contribution in [-0.4, -0.2) is 20.7 Å². The van der Waals surface area contributed by atoms with Gasteiger partial charge in [0.2, 0.25) is 0 Å². The number of nitrogens with zero attached hydrogens (tertiary/aromatic N) is 3. The minimum atomic E-state index is -0.238. The predicted octanol–water partition coefficient (Wildman–Crippen LogP) is 4.69. The average Bonchev–Trinajstić information content (AvgIpc) is 3.15. The van der Waals surface area contributed by atoms with Crippen molar-refractivity contribution in [2.24, 2.45) is 0 Å². The zero-order chi connectivity index (χ0) is 17.8. The molecule has 1 aromatic carbocycles. The maximum Gasteiger partial charge on any atom is 0.273 e. The summed E-state index contributed by atoms with van der Waals surface area (Å²) in [6.45, 7) is 8.20. The number of nitrogens with one attached hydrogen (secondary N) is 1. The van der Waals surface area contributed by atoms with Gasteiger partial charge in [-0.3, -0.25) is 9.48 Å². The van der Waals surface area contributed by atoms with Crippen molar-refractivity contribution in [2.75, 3.05) is 5.32 Å². The molecule has 0 saturated heterocycles. The van der Waals surface area contributed by atoms with Crippen molar-refractivity contribution in [3.8, 4) is 0 Å². The number of fused-ring (bicyclic) bond motifs is 1. The topological polar surface area (TPSA) is 59.8 Å². The van der Waals surface area contributed by atoms with Crippen LogP contribution in [0.25, 0.3) is 10.2 Å². The van der Waals surface area contributed by atoms with Crippen molar-refractivity contribution in [3.63, 3.8) is 0 Å². The molecule has 0 unspecified atom stereocenters. The molecule has 1 fully saturated rings. The molecule has 1 N–H and O–H groups in total. The Morgan fingerprint density at radius 3 is 2.72 bits per heavy atom. The molecular weight excluding hydrogens is 332 g/mol. The average molecular weight is 354 g/mol. The molecule has 3 aromatic rings. The van der Waals surface area contributed by atoms with E-state index in [-0.39, 0.29) is 11.4 Å². The molecule has 0 atom stereocenters. The van der Waals surface area contributed by atoms with E-state index < -0.39 is 0 Å². The van der Waals surface area contributed by atoms with E-state index in [1.165, 1.54) is 12.8 Å². The van der Waals surface area contributed by atoms with Crippen molar-refractivity contribution in [1.29, 1.82) is 0 Å². The number of rotatable bonds is 3. The summed E-state index contributed by atoms with van der Waals surface area (Å²) in [5.74, 6) is 0.404. The fourth-order valence-corrected chi connectivity index (χ4v) is 3.83. The van der Waals surface area contributed by atoms with E-state index in [4.69, 9.17) is 5.10 Å². The van der Waals surface area contributed by atoms with Gasteiger partial charge in [-0.15, -0.1) is 11.3 Å². The zero-order valence-electron chi connectivity index (χ0n) is 15.0. The van der Waals surface area contributed by atoms with E-state index in [0.29, 0.717) is 11.6 Å². The van der Waals surface area contributed by atoms with Gasteiger partial charge in [0.1, 0.15) is 5.69 Å². The molecule has 2 aromatic heterocycles. The second-order valence-electron chi connectivity index (χ2n) is 7.68. The first-order valence-electron chi connectivity index (χ1n) is 8.60. The second-order valence-corrected chi connectivity index (χ2v) is 8.92. The van der Waals surface area contributed by atoms with Crippen LogP contribution in [0.4, 0.5) is 5.69 Å². The van der Waals surface area contributed by atoms with Crippen LogP contribution >= 0.6 is 11.3 Å². The molecule has 130 valence electrons.